The van der Waals surface area contributed by atoms with Crippen LogP contribution in [0.3, 0.4) is 0 Å². The van der Waals surface area contributed by atoms with Gasteiger partial charge in [-0.1, -0.05) is 0 Å². The zero-order chi connectivity index (χ0) is 13.1. The monoisotopic (exact) mass is 251 g/mol. The van der Waals surface area contributed by atoms with Gasteiger partial charge in [0.15, 0.2) is 0 Å². The average molecular weight is 251 g/mol. The van der Waals surface area contributed by atoms with Crippen molar-refractivity contribution in [1.82, 2.24) is 15.2 Å². The van der Waals surface area contributed by atoms with Crippen LogP contribution in [0.5, 0.6) is 0 Å². The third-order valence-electron chi connectivity index (χ3n) is 2.95. The summed E-state index contributed by atoms with van der Waals surface area (Å²) in [5.41, 5.74) is 0.238. The molecule has 2 heterocycles. The Bertz CT molecular complexity index is 478. The molecule has 1 fully saturated rings. The highest BCUT2D eigenvalue weighted by molar-refractivity contribution is 5.94. The molecule has 0 aliphatic carbocycles. The van der Waals surface area contributed by atoms with Crippen LogP contribution in [0.15, 0.2) is 18.3 Å². The summed E-state index contributed by atoms with van der Waals surface area (Å²) in [5.74, 6) is -0.946. The molecule has 1 N–H and O–H groups in total. The Kier molecular flexibility index (Phi) is 3.55. The van der Waals surface area contributed by atoms with Crippen LogP contribution in [0.25, 0.3) is 0 Å². The van der Waals surface area contributed by atoms with Crippen molar-refractivity contribution in [3.8, 4) is 0 Å². The van der Waals surface area contributed by atoms with Crippen molar-refractivity contribution in [3.63, 3.8) is 0 Å². The van der Waals surface area contributed by atoms with Crippen LogP contribution in [-0.4, -0.2) is 41.3 Å². The first-order chi connectivity index (χ1) is 8.56. The zero-order valence-electron chi connectivity index (χ0n) is 10.0. The van der Waals surface area contributed by atoms with Gasteiger partial charge < -0.3 is 10.2 Å². The SMILES string of the molecule is CN1CC(NC(=O)c2ccnc(F)c2)CCC1=O. The molecule has 1 aliphatic rings. The maximum absolute atomic E-state index is 12.9. The molecule has 18 heavy (non-hydrogen) atoms. The minimum atomic E-state index is -0.682. The van der Waals surface area contributed by atoms with E-state index in [0.29, 0.717) is 19.4 Å². The van der Waals surface area contributed by atoms with Crippen molar-refractivity contribution in [2.75, 3.05) is 13.6 Å². The van der Waals surface area contributed by atoms with Gasteiger partial charge in [0.25, 0.3) is 5.91 Å². The van der Waals surface area contributed by atoms with E-state index >= 15 is 0 Å². The second kappa shape index (κ2) is 5.12. The summed E-state index contributed by atoms with van der Waals surface area (Å²) in [6, 6.07) is 2.46. The van der Waals surface area contributed by atoms with Gasteiger partial charge in [-0.25, -0.2) is 4.98 Å². The van der Waals surface area contributed by atoms with Gasteiger partial charge in [0, 0.05) is 43.9 Å². The number of hydrogen-bond donors (Lipinski definition) is 1. The van der Waals surface area contributed by atoms with Crippen LogP contribution in [-0.2, 0) is 4.79 Å². The number of carbonyl (C=O) groups excluding carboxylic acids is 2. The van der Waals surface area contributed by atoms with Crippen LogP contribution in [0.1, 0.15) is 23.2 Å². The van der Waals surface area contributed by atoms with Crippen molar-refractivity contribution in [1.29, 1.82) is 0 Å². The van der Waals surface area contributed by atoms with E-state index in [9.17, 15) is 14.0 Å². The van der Waals surface area contributed by atoms with Crippen molar-refractivity contribution in [2.24, 2.45) is 0 Å². The van der Waals surface area contributed by atoms with E-state index in [1.54, 1.807) is 11.9 Å². The summed E-state index contributed by atoms with van der Waals surface area (Å²) in [6.45, 7) is 0.484. The number of carbonyl (C=O) groups is 2. The number of hydrogen-bond acceptors (Lipinski definition) is 3. The number of amides is 2. The first-order valence-electron chi connectivity index (χ1n) is 5.72. The third kappa shape index (κ3) is 2.82. The molecule has 1 aromatic rings. The van der Waals surface area contributed by atoms with Crippen LogP contribution >= 0.6 is 0 Å². The molecular formula is C12H14FN3O2. The second-order valence-electron chi connectivity index (χ2n) is 4.35. The van der Waals surface area contributed by atoms with Crippen LogP contribution in [0.2, 0.25) is 0 Å². The molecule has 0 saturated carbocycles. The lowest BCUT2D eigenvalue weighted by atomic mass is 10.1. The molecule has 0 aromatic carbocycles. The number of aromatic nitrogens is 1. The number of pyridine rings is 1. The number of piperidine rings is 1. The first-order valence-corrected chi connectivity index (χ1v) is 5.72. The highest BCUT2D eigenvalue weighted by Crippen LogP contribution is 2.10. The van der Waals surface area contributed by atoms with Gasteiger partial charge in [0.1, 0.15) is 0 Å². The third-order valence-corrected chi connectivity index (χ3v) is 2.95. The highest BCUT2D eigenvalue weighted by atomic mass is 19.1. The fourth-order valence-electron chi connectivity index (χ4n) is 1.94. The molecule has 1 atom stereocenters. The van der Waals surface area contributed by atoms with E-state index in [1.165, 1.54) is 12.3 Å². The lowest BCUT2D eigenvalue weighted by Crippen LogP contribution is -2.48. The molecule has 1 unspecified atom stereocenters. The molecule has 2 amide bonds. The Morgan fingerprint density at radius 2 is 2.39 bits per heavy atom. The Morgan fingerprint density at radius 3 is 3.06 bits per heavy atom. The number of nitrogens with one attached hydrogen (secondary N) is 1. The van der Waals surface area contributed by atoms with E-state index in [2.05, 4.69) is 10.3 Å². The van der Waals surface area contributed by atoms with E-state index in [-0.39, 0.29) is 23.4 Å². The van der Waals surface area contributed by atoms with Crippen LogP contribution < -0.4 is 5.32 Å². The standard InChI is InChI=1S/C12H14FN3O2/c1-16-7-9(2-3-11(16)17)15-12(18)8-4-5-14-10(13)6-8/h4-6,9H,2-3,7H2,1H3,(H,15,18). The number of nitrogens with zero attached hydrogens (tertiary/aromatic N) is 2. The summed E-state index contributed by atoms with van der Waals surface area (Å²) in [4.78, 5) is 28.1. The first kappa shape index (κ1) is 12.5. The molecule has 0 bridgehead atoms. The Balaban J connectivity index is 1.98. The number of likely N-dealkylation sites (tertiary alicyclic amines) is 1. The fraction of sp³-hybridized carbons (Fsp3) is 0.417. The van der Waals surface area contributed by atoms with Gasteiger partial charge in [0.05, 0.1) is 0 Å². The molecule has 0 radical (unpaired) electrons. The Labute approximate surface area is 104 Å². The predicted molar refractivity (Wildman–Crippen MR) is 62.3 cm³/mol. The van der Waals surface area contributed by atoms with Gasteiger partial charge >= 0.3 is 0 Å². The molecule has 1 saturated heterocycles. The molecule has 2 rings (SSSR count). The average Bonchev–Trinajstić information content (AvgIpc) is 2.34. The van der Waals surface area contributed by atoms with Gasteiger partial charge in [-0.15, -0.1) is 0 Å². The van der Waals surface area contributed by atoms with Gasteiger partial charge in [-0.3, -0.25) is 9.59 Å². The summed E-state index contributed by atoms with van der Waals surface area (Å²) in [7, 11) is 1.70. The minimum absolute atomic E-state index is 0.0791. The molecule has 5 nitrogen and oxygen atoms in total. The summed E-state index contributed by atoms with van der Waals surface area (Å²) >= 11 is 0. The van der Waals surface area contributed by atoms with E-state index in [1.807, 2.05) is 0 Å². The van der Waals surface area contributed by atoms with Crippen molar-refractivity contribution < 1.29 is 14.0 Å². The van der Waals surface area contributed by atoms with E-state index in [4.69, 9.17) is 0 Å². The number of rotatable bonds is 2. The number of likely N-dealkylation sites (N-methyl/N-ethyl adjacent to an activating group) is 1. The van der Waals surface area contributed by atoms with E-state index in [0.717, 1.165) is 6.07 Å². The van der Waals surface area contributed by atoms with Crippen LogP contribution in [0.4, 0.5) is 4.39 Å². The van der Waals surface area contributed by atoms with Crippen molar-refractivity contribution in [2.45, 2.75) is 18.9 Å². The summed E-state index contributed by atoms with van der Waals surface area (Å²) in [6.07, 6.45) is 2.29. The molecular weight excluding hydrogens is 237 g/mol. The molecule has 1 aromatic heterocycles. The molecule has 0 spiro atoms. The molecule has 96 valence electrons. The van der Waals surface area contributed by atoms with E-state index < -0.39 is 5.95 Å². The minimum Gasteiger partial charge on any atom is -0.348 e. The quantitative estimate of drug-likeness (QED) is 0.782. The topological polar surface area (TPSA) is 62.3 Å². The molecule has 1 aliphatic heterocycles. The lowest BCUT2D eigenvalue weighted by Gasteiger charge is -2.30. The maximum Gasteiger partial charge on any atom is 0.251 e. The Morgan fingerprint density at radius 1 is 1.61 bits per heavy atom. The second-order valence-corrected chi connectivity index (χ2v) is 4.35. The maximum atomic E-state index is 12.9. The Hall–Kier alpha value is -1.98. The van der Waals surface area contributed by atoms with Crippen molar-refractivity contribution in [3.05, 3.63) is 29.8 Å². The molecule has 6 heteroatoms. The normalized spacial score (nSPS) is 19.8. The number of halogens is 1. The van der Waals surface area contributed by atoms with Crippen molar-refractivity contribution >= 4 is 11.8 Å². The summed E-state index contributed by atoms with van der Waals surface area (Å²) in [5, 5.41) is 2.79. The summed E-state index contributed by atoms with van der Waals surface area (Å²) < 4.78 is 12.9. The largest absolute Gasteiger partial charge is 0.348 e. The van der Waals surface area contributed by atoms with Crippen LogP contribution in [0, 0.1) is 5.95 Å². The predicted octanol–water partition coefficient (Wildman–Crippen LogP) is 0.571. The highest BCUT2D eigenvalue weighted by Gasteiger charge is 2.24. The van der Waals surface area contributed by atoms with Gasteiger partial charge in [-0.2, -0.15) is 4.39 Å². The smallest absolute Gasteiger partial charge is 0.251 e. The zero-order valence-corrected chi connectivity index (χ0v) is 10.0. The van der Waals surface area contributed by atoms with Gasteiger partial charge in [-0.05, 0) is 12.5 Å². The van der Waals surface area contributed by atoms with Gasteiger partial charge in [0.2, 0.25) is 11.9 Å². The fourth-order valence-corrected chi connectivity index (χ4v) is 1.94. The lowest BCUT2D eigenvalue weighted by molar-refractivity contribution is -0.132.